The molecule has 108 valence electrons. The van der Waals surface area contributed by atoms with Crippen LogP contribution in [-0.2, 0) is 16.1 Å². The van der Waals surface area contributed by atoms with Crippen LogP contribution in [0.15, 0.2) is 22.7 Å². The van der Waals surface area contributed by atoms with Crippen LogP contribution in [0.5, 0.6) is 0 Å². The van der Waals surface area contributed by atoms with Gasteiger partial charge in [0.1, 0.15) is 11.9 Å². The number of amides is 2. The molecule has 1 aliphatic rings. The molecule has 1 N–H and O–H groups in total. The topological polar surface area (TPSA) is 49.4 Å². The van der Waals surface area contributed by atoms with Gasteiger partial charge >= 0.3 is 0 Å². The Hall–Kier alpha value is -1.43. The van der Waals surface area contributed by atoms with Crippen molar-refractivity contribution in [3.8, 4) is 0 Å². The van der Waals surface area contributed by atoms with Crippen LogP contribution in [0, 0.1) is 5.82 Å². The van der Waals surface area contributed by atoms with Crippen LogP contribution >= 0.6 is 15.9 Å². The lowest BCUT2D eigenvalue weighted by atomic mass is 10.1. The third-order valence-electron chi connectivity index (χ3n) is 3.21. The number of rotatable bonds is 4. The summed E-state index contributed by atoms with van der Waals surface area (Å²) in [7, 11) is 0. The molecule has 1 aliphatic heterocycles. The number of carbonyl (C=O) groups excluding carboxylic acids is 2. The molecule has 1 atom stereocenters. The Kier molecular flexibility index (Phi) is 4.75. The molecule has 0 radical (unpaired) electrons. The lowest BCUT2D eigenvalue weighted by molar-refractivity contribution is -0.145. The summed E-state index contributed by atoms with van der Waals surface area (Å²) in [6.07, 6.45) is 1.46. The van der Waals surface area contributed by atoms with E-state index in [1.165, 1.54) is 11.0 Å². The highest BCUT2D eigenvalue weighted by Gasteiger charge is 2.31. The maximum atomic E-state index is 13.2. The van der Waals surface area contributed by atoms with Crippen molar-refractivity contribution in [1.82, 2.24) is 10.2 Å². The summed E-state index contributed by atoms with van der Waals surface area (Å²) in [5, 5.41) is 2.70. The van der Waals surface area contributed by atoms with Crippen LogP contribution in [0.25, 0.3) is 0 Å². The summed E-state index contributed by atoms with van der Waals surface area (Å²) in [6, 6.07) is 4.15. The summed E-state index contributed by atoms with van der Waals surface area (Å²) in [6.45, 7) is 2.33. The van der Waals surface area contributed by atoms with E-state index in [-0.39, 0.29) is 24.2 Å². The molecule has 1 heterocycles. The molecule has 1 unspecified atom stereocenters. The van der Waals surface area contributed by atoms with E-state index in [9.17, 15) is 14.0 Å². The van der Waals surface area contributed by atoms with E-state index in [0.29, 0.717) is 17.4 Å². The molecular formula is C14H16BrFN2O2. The first kappa shape index (κ1) is 15.0. The molecule has 6 heteroatoms. The summed E-state index contributed by atoms with van der Waals surface area (Å²) < 4.78 is 13.5. The highest BCUT2D eigenvalue weighted by Crippen LogP contribution is 2.19. The van der Waals surface area contributed by atoms with E-state index in [4.69, 9.17) is 0 Å². The van der Waals surface area contributed by atoms with Gasteiger partial charge in [0.2, 0.25) is 11.8 Å². The van der Waals surface area contributed by atoms with Gasteiger partial charge in [-0.05, 0) is 40.0 Å². The Bertz CT molecular complexity index is 536. The minimum absolute atomic E-state index is 0.0496. The number of piperazine rings is 1. The largest absolute Gasteiger partial charge is 0.343 e. The lowest BCUT2D eigenvalue weighted by Gasteiger charge is -2.32. The summed E-state index contributed by atoms with van der Waals surface area (Å²) >= 11 is 3.12. The highest BCUT2D eigenvalue weighted by atomic mass is 79.9. The second-order valence-corrected chi connectivity index (χ2v) is 5.71. The van der Waals surface area contributed by atoms with Crippen LogP contribution in [0.4, 0.5) is 4.39 Å². The SMILES string of the molecule is CCCC1NC(=O)CN(Cc2ccc(F)c(Br)c2)C1=O. The van der Waals surface area contributed by atoms with E-state index in [2.05, 4.69) is 21.2 Å². The van der Waals surface area contributed by atoms with Crippen molar-refractivity contribution in [3.05, 3.63) is 34.1 Å². The molecule has 0 aliphatic carbocycles. The van der Waals surface area contributed by atoms with Gasteiger partial charge in [0, 0.05) is 6.54 Å². The second-order valence-electron chi connectivity index (χ2n) is 4.85. The van der Waals surface area contributed by atoms with Crippen molar-refractivity contribution in [2.24, 2.45) is 0 Å². The third-order valence-corrected chi connectivity index (χ3v) is 3.82. The Labute approximate surface area is 125 Å². The van der Waals surface area contributed by atoms with Gasteiger partial charge in [0.25, 0.3) is 0 Å². The standard InChI is InChI=1S/C14H16BrFN2O2/c1-2-3-12-14(20)18(8-13(19)17-12)7-9-4-5-11(16)10(15)6-9/h4-6,12H,2-3,7-8H2,1H3,(H,17,19). The van der Waals surface area contributed by atoms with Gasteiger partial charge < -0.3 is 10.2 Å². The van der Waals surface area contributed by atoms with Gasteiger partial charge in [0.15, 0.2) is 0 Å². The van der Waals surface area contributed by atoms with Crippen molar-refractivity contribution in [2.45, 2.75) is 32.4 Å². The first-order valence-corrected chi connectivity index (χ1v) is 7.32. The Morgan fingerprint density at radius 3 is 2.85 bits per heavy atom. The average Bonchev–Trinajstić information content (AvgIpc) is 2.39. The molecule has 1 fully saturated rings. The van der Waals surface area contributed by atoms with Gasteiger partial charge in [-0.2, -0.15) is 0 Å². The molecule has 0 saturated carbocycles. The monoisotopic (exact) mass is 342 g/mol. The summed E-state index contributed by atoms with van der Waals surface area (Å²) in [4.78, 5) is 25.4. The molecule has 4 nitrogen and oxygen atoms in total. The molecule has 2 amide bonds. The number of hydrogen-bond acceptors (Lipinski definition) is 2. The zero-order valence-corrected chi connectivity index (χ0v) is 12.7. The van der Waals surface area contributed by atoms with E-state index >= 15 is 0 Å². The molecule has 0 aromatic heterocycles. The quantitative estimate of drug-likeness (QED) is 0.911. The van der Waals surface area contributed by atoms with Crippen molar-refractivity contribution < 1.29 is 14.0 Å². The number of carbonyl (C=O) groups is 2. The number of hydrogen-bond donors (Lipinski definition) is 1. The number of nitrogens with one attached hydrogen (secondary N) is 1. The lowest BCUT2D eigenvalue weighted by Crippen LogP contribution is -2.57. The van der Waals surface area contributed by atoms with Gasteiger partial charge in [-0.25, -0.2) is 4.39 Å². The van der Waals surface area contributed by atoms with Crippen LogP contribution in [0.2, 0.25) is 0 Å². The van der Waals surface area contributed by atoms with E-state index in [1.807, 2.05) is 6.92 Å². The zero-order chi connectivity index (χ0) is 14.7. The molecule has 1 aromatic carbocycles. The van der Waals surface area contributed by atoms with Gasteiger partial charge in [-0.3, -0.25) is 9.59 Å². The Balaban J connectivity index is 2.12. The second kappa shape index (κ2) is 6.35. The maximum absolute atomic E-state index is 13.2. The van der Waals surface area contributed by atoms with Crippen LogP contribution < -0.4 is 5.32 Å². The molecule has 1 saturated heterocycles. The van der Waals surface area contributed by atoms with Crippen LogP contribution in [0.1, 0.15) is 25.3 Å². The van der Waals surface area contributed by atoms with Gasteiger partial charge in [-0.15, -0.1) is 0 Å². The average molecular weight is 343 g/mol. The highest BCUT2D eigenvalue weighted by molar-refractivity contribution is 9.10. The fraction of sp³-hybridized carbons (Fsp3) is 0.429. The van der Waals surface area contributed by atoms with Crippen LogP contribution in [0.3, 0.4) is 0 Å². The minimum Gasteiger partial charge on any atom is -0.343 e. The fourth-order valence-corrected chi connectivity index (χ4v) is 2.68. The first-order chi connectivity index (χ1) is 9.51. The molecule has 1 aromatic rings. The van der Waals surface area contributed by atoms with E-state index in [0.717, 1.165) is 12.0 Å². The maximum Gasteiger partial charge on any atom is 0.245 e. The van der Waals surface area contributed by atoms with E-state index < -0.39 is 6.04 Å². The van der Waals surface area contributed by atoms with Gasteiger partial charge in [0.05, 0.1) is 11.0 Å². The summed E-state index contributed by atoms with van der Waals surface area (Å²) in [5.74, 6) is -0.573. The normalized spacial score (nSPS) is 19.1. The van der Waals surface area contributed by atoms with E-state index in [1.54, 1.807) is 12.1 Å². The number of halogens is 2. The predicted octanol–water partition coefficient (Wildman–Crippen LogP) is 2.22. The van der Waals surface area contributed by atoms with Crippen LogP contribution in [-0.4, -0.2) is 29.3 Å². The van der Waals surface area contributed by atoms with Gasteiger partial charge in [-0.1, -0.05) is 19.4 Å². The summed E-state index contributed by atoms with van der Waals surface area (Å²) in [5.41, 5.74) is 0.788. The van der Waals surface area contributed by atoms with Crippen molar-refractivity contribution in [1.29, 1.82) is 0 Å². The minimum atomic E-state index is -0.440. The molecule has 2 rings (SSSR count). The number of nitrogens with zero attached hydrogens (tertiary/aromatic N) is 1. The predicted molar refractivity (Wildman–Crippen MR) is 76.4 cm³/mol. The first-order valence-electron chi connectivity index (χ1n) is 6.53. The Morgan fingerprint density at radius 1 is 1.45 bits per heavy atom. The van der Waals surface area contributed by atoms with Crippen molar-refractivity contribution >= 4 is 27.7 Å². The molecule has 0 bridgehead atoms. The molecule has 20 heavy (non-hydrogen) atoms. The smallest absolute Gasteiger partial charge is 0.245 e. The fourth-order valence-electron chi connectivity index (χ4n) is 2.25. The third kappa shape index (κ3) is 3.36. The van der Waals surface area contributed by atoms with Crippen molar-refractivity contribution in [2.75, 3.05) is 6.54 Å². The zero-order valence-electron chi connectivity index (χ0n) is 11.2. The van der Waals surface area contributed by atoms with Crippen molar-refractivity contribution in [3.63, 3.8) is 0 Å². The molecular weight excluding hydrogens is 327 g/mol. The Morgan fingerprint density at radius 2 is 2.20 bits per heavy atom. The molecule has 0 spiro atoms. The number of benzene rings is 1.